The second-order valence-corrected chi connectivity index (χ2v) is 7.28. The highest BCUT2D eigenvalue weighted by atomic mass is 32.1. The van der Waals surface area contributed by atoms with Gasteiger partial charge in [0.15, 0.2) is 0 Å². The van der Waals surface area contributed by atoms with Gasteiger partial charge in [-0.25, -0.2) is 4.39 Å². The topological polar surface area (TPSA) is 57.4 Å². The van der Waals surface area contributed by atoms with Crippen LogP contribution < -0.4 is 5.32 Å². The lowest BCUT2D eigenvalue weighted by molar-refractivity contribution is 0.0169. The monoisotopic (exact) mass is 373 g/mol. The van der Waals surface area contributed by atoms with E-state index < -0.39 is 0 Å². The number of halogens is 1. The number of benzene rings is 1. The molecule has 1 saturated heterocycles. The summed E-state index contributed by atoms with van der Waals surface area (Å²) in [5.74, 6) is -0.495. The molecule has 1 aliphatic rings. The van der Waals surface area contributed by atoms with E-state index in [0.29, 0.717) is 30.8 Å². The zero-order valence-corrected chi connectivity index (χ0v) is 15.0. The van der Waals surface area contributed by atoms with Crippen molar-refractivity contribution in [3.8, 4) is 0 Å². The van der Waals surface area contributed by atoms with Gasteiger partial charge in [0, 0.05) is 35.4 Å². The van der Waals surface area contributed by atoms with E-state index in [2.05, 4.69) is 26.6 Å². The first-order chi connectivity index (χ1) is 12.7. The molecule has 1 fully saturated rings. The number of thiophene rings is 1. The number of aromatic amines is 1. The predicted octanol–water partition coefficient (Wildman–Crippen LogP) is 3.17. The quantitative estimate of drug-likeness (QED) is 0.722. The Morgan fingerprint density at radius 2 is 2.15 bits per heavy atom. The fourth-order valence-corrected chi connectivity index (χ4v) is 4.15. The minimum absolute atomic E-state index is 0.129. The maximum atomic E-state index is 13.3. The van der Waals surface area contributed by atoms with E-state index in [1.54, 1.807) is 23.5 Å². The number of hydrogen-bond donors (Lipinski definition) is 2. The smallest absolute Gasteiger partial charge is 0.267 e. The number of hydrogen-bond acceptors (Lipinski definition) is 4. The summed E-state index contributed by atoms with van der Waals surface area (Å²) in [6.07, 6.45) is 0. The van der Waals surface area contributed by atoms with Crippen LogP contribution in [0, 0.1) is 5.82 Å². The number of aromatic nitrogens is 1. The first-order valence-corrected chi connectivity index (χ1v) is 9.50. The van der Waals surface area contributed by atoms with Crippen molar-refractivity contribution in [2.45, 2.75) is 6.04 Å². The van der Waals surface area contributed by atoms with Gasteiger partial charge in [0.05, 0.1) is 19.3 Å². The van der Waals surface area contributed by atoms with Crippen molar-refractivity contribution < 1.29 is 13.9 Å². The number of rotatable bonds is 5. The molecular formula is C19H20FN3O2S. The van der Waals surface area contributed by atoms with Gasteiger partial charge in [0.1, 0.15) is 11.5 Å². The standard InChI is InChI=1S/C19H20FN3O2S/c20-14-3-4-15-13(10-14)11-16(22-15)19(24)21-12-17(18-2-1-9-26-18)23-5-7-25-8-6-23/h1-4,9-11,17,22H,5-8,12H2,(H,21,24)/t17-/m1/s1. The summed E-state index contributed by atoms with van der Waals surface area (Å²) in [6, 6.07) is 10.4. The van der Waals surface area contributed by atoms with Crippen molar-refractivity contribution in [2.75, 3.05) is 32.8 Å². The number of fused-ring (bicyclic) bond motifs is 1. The molecule has 26 heavy (non-hydrogen) atoms. The van der Waals surface area contributed by atoms with Crippen molar-refractivity contribution in [1.82, 2.24) is 15.2 Å². The Kier molecular flexibility index (Phi) is 5.01. The lowest BCUT2D eigenvalue weighted by atomic mass is 10.2. The van der Waals surface area contributed by atoms with Crippen molar-refractivity contribution in [3.63, 3.8) is 0 Å². The molecule has 3 aromatic rings. The number of nitrogens with one attached hydrogen (secondary N) is 2. The molecule has 2 N–H and O–H groups in total. The summed E-state index contributed by atoms with van der Waals surface area (Å²) in [6.45, 7) is 3.64. The summed E-state index contributed by atoms with van der Waals surface area (Å²) < 4.78 is 18.8. The highest BCUT2D eigenvalue weighted by Gasteiger charge is 2.24. The number of ether oxygens (including phenoxy) is 1. The van der Waals surface area contributed by atoms with Gasteiger partial charge in [0.2, 0.25) is 0 Å². The second-order valence-electron chi connectivity index (χ2n) is 6.30. The third-order valence-electron chi connectivity index (χ3n) is 4.64. The Balaban J connectivity index is 1.48. The van der Waals surface area contributed by atoms with Gasteiger partial charge in [-0.3, -0.25) is 9.69 Å². The first-order valence-electron chi connectivity index (χ1n) is 8.62. The van der Waals surface area contributed by atoms with Crippen LogP contribution in [0.2, 0.25) is 0 Å². The maximum absolute atomic E-state index is 13.3. The maximum Gasteiger partial charge on any atom is 0.267 e. The molecule has 1 amide bonds. The van der Waals surface area contributed by atoms with Crippen LogP contribution in [0.5, 0.6) is 0 Å². The highest BCUT2D eigenvalue weighted by Crippen LogP contribution is 2.25. The zero-order valence-electron chi connectivity index (χ0n) is 14.2. The molecule has 136 valence electrons. The van der Waals surface area contributed by atoms with Crippen LogP contribution in [0.4, 0.5) is 4.39 Å². The summed E-state index contributed by atoms with van der Waals surface area (Å²) in [5.41, 5.74) is 1.19. The second kappa shape index (κ2) is 7.57. The molecule has 0 radical (unpaired) electrons. The van der Waals surface area contributed by atoms with Crippen molar-refractivity contribution >= 4 is 28.1 Å². The molecule has 0 aliphatic carbocycles. The van der Waals surface area contributed by atoms with Gasteiger partial charge >= 0.3 is 0 Å². The fourth-order valence-electron chi connectivity index (χ4n) is 3.29. The highest BCUT2D eigenvalue weighted by molar-refractivity contribution is 7.10. The molecule has 1 aliphatic heterocycles. The summed E-state index contributed by atoms with van der Waals surface area (Å²) >= 11 is 1.69. The summed E-state index contributed by atoms with van der Waals surface area (Å²) in [5, 5.41) is 5.77. The average molecular weight is 373 g/mol. The van der Waals surface area contributed by atoms with Crippen LogP contribution in [-0.4, -0.2) is 48.6 Å². The lowest BCUT2D eigenvalue weighted by Gasteiger charge is -2.34. The Labute approximate surface area is 154 Å². The third kappa shape index (κ3) is 3.65. The van der Waals surface area contributed by atoms with Gasteiger partial charge in [-0.1, -0.05) is 6.07 Å². The minimum atomic E-state index is -0.312. The van der Waals surface area contributed by atoms with E-state index in [1.807, 2.05) is 6.07 Å². The number of carbonyl (C=O) groups is 1. The van der Waals surface area contributed by atoms with Crippen LogP contribution in [0.3, 0.4) is 0 Å². The van der Waals surface area contributed by atoms with E-state index in [-0.39, 0.29) is 17.8 Å². The molecule has 0 saturated carbocycles. The predicted molar refractivity (Wildman–Crippen MR) is 100 cm³/mol. The number of morpholine rings is 1. The van der Waals surface area contributed by atoms with Crippen LogP contribution in [0.25, 0.3) is 10.9 Å². The Morgan fingerprint density at radius 1 is 1.31 bits per heavy atom. The third-order valence-corrected chi connectivity index (χ3v) is 5.61. The molecule has 0 unspecified atom stereocenters. The number of amides is 1. The zero-order chi connectivity index (χ0) is 17.9. The Morgan fingerprint density at radius 3 is 2.92 bits per heavy atom. The van der Waals surface area contributed by atoms with Crippen LogP contribution in [0.1, 0.15) is 21.4 Å². The van der Waals surface area contributed by atoms with Crippen LogP contribution in [-0.2, 0) is 4.74 Å². The molecule has 3 heterocycles. The number of nitrogens with zero attached hydrogens (tertiary/aromatic N) is 1. The van der Waals surface area contributed by atoms with E-state index in [0.717, 1.165) is 18.6 Å². The normalized spacial score (nSPS) is 16.7. The summed E-state index contributed by atoms with van der Waals surface area (Å²) in [7, 11) is 0. The Hall–Kier alpha value is -2.22. The molecule has 0 bridgehead atoms. The number of carbonyl (C=O) groups excluding carboxylic acids is 1. The minimum Gasteiger partial charge on any atom is -0.379 e. The van der Waals surface area contributed by atoms with E-state index in [1.165, 1.54) is 17.0 Å². The van der Waals surface area contributed by atoms with Crippen molar-refractivity contribution in [3.05, 3.63) is 58.2 Å². The van der Waals surface area contributed by atoms with Gasteiger partial charge in [0.25, 0.3) is 5.91 Å². The molecule has 1 atom stereocenters. The van der Waals surface area contributed by atoms with Crippen molar-refractivity contribution in [2.24, 2.45) is 0 Å². The van der Waals surface area contributed by atoms with Gasteiger partial charge in [-0.15, -0.1) is 11.3 Å². The molecule has 5 nitrogen and oxygen atoms in total. The van der Waals surface area contributed by atoms with Crippen molar-refractivity contribution in [1.29, 1.82) is 0 Å². The molecular weight excluding hydrogens is 353 g/mol. The van der Waals surface area contributed by atoms with E-state index >= 15 is 0 Å². The largest absolute Gasteiger partial charge is 0.379 e. The van der Waals surface area contributed by atoms with E-state index in [4.69, 9.17) is 4.74 Å². The number of H-pyrrole nitrogens is 1. The molecule has 2 aromatic heterocycles. The van der Waals surface area contributed by atoms with Crippen LogP contribution >= 0.6 is 11.3 Å². The average Bonchev–Trinajstić information content (AvgIpc) is 3.32. The Bertz CT molecular complexity index is 887. The SMILES string of the molecule is O=C(NC[C@H](c1cccs1)N1CCOCC1)c1cc2cc(F)ccc2[nH]1. The van der Waals surface area contributed by atoms with E-state index in [9.17, 15) is 9.18 Å². The fraction of sp³-hybridized carbons (Fsp3) is 0.316. The molecule has 7 heteroatoms. The van der Waals surface area contributed by atoms with Crippen LogP contribution in [0.15, 0.2) is 41.8 Å². The van der Waals surface area contributed by atoms with Gasteiger partial charge < -0.3 is 15.0 Å². The molecule has 4 rings (SSSR count). The van der Waals surface area contributed by atoms with Gasteiger partial charge in [-0.05, 0) is 35.7 Å². The first kappa shape index (κ1) is 17.2. The summed E-state index contributed by atoms with van der Waals surface area (Å²) in [4.78, 5) is 19.2. The lowest BCUT2D eigenvalue weighted by Crippen LogP contribution is -2.43. The molecule has 1 aromatic carbocycles. The molecule has 0 spiro atoms. The van der Waals surface area contributed by atoms with Gasteiger partial charge in [-0.2, -0.15) is 0 Å².